The number of aliphatic imine (C=N–C) groups is 1. The number of nitrogens with two attached hydrogens (primary N) is 2. The summed E-state index contributed by atoms with van der Waals surface area (Å²) in [6.07, 6.45) is 3.51. The number of likely N-dealkylation sites (N-methyl/N-ethyl adjacent to an activating group) is 1. The summed E-state index contributed by atoms with van der Waals surface area (Å²) in [5, 5.41) is 31.4. The number of carboxylic acid groups (broad SMARTS) is 1. The van der Waals surface area contributed by atoms with Crippen LogP contribution in [-0.4, -0.2) is 180 Å². The van der Waals surface area contributed by atoms with Crippen molar-refractivity contribution < 1.29 is 57.6 Å². The van der Waals surface area contributed by atoms with Crippen molar-refractivity contribution in [3.8, 4) is 0 Å². The normalized spacial score (nSPS) is 17.6. The van der Waals surface area contributed by atoms with Crippen LogP contribution in [0.15, 0.2) is 4.99 Å². The molecule has 0 aromatic heterocycles. The minimum absolute atomic E-state index is 0.0275. The molecule has 5 atom stereocenters. The maximum Gasteiger partial charge on any atom is 0.315 e. The number of ether oxygens (including phenoxy) is 4. The van der Waals surface area contributed by atoms with Crippen molar-refractivity contribution in [1.82, 2.24) is 42.5 Å². The molecule has 0 saturated carbocycles. The summed E-state index contributed by atoms with van der Waals surface area (Å²) in [6.45, 7) is 2.02. The number of thioether (sulfide) groups is 1. The van der Waals surface area contributed by atoms with Gasteiger partial charge in [0.1, 0.15) is 19.3 Å². The van der Waals surface area contributed by atoms with Crippen LogP contribution in [-0.2, 0) is 47.7 Å². The molecule has 2 aliphatic rings. The summed E-state index contributed by atoms with van der Waals surface area (Å²) in [6, 6.07) is -1.47. The first-order valence-electron chi connectivity index (χ1n) is 20.2. The highest BCUT2D eigenvalue weighted by molar-refractivity contribution is 8.00. The molecule has 24 heteroatoms. The Morgan fingerprint density at radius 2 is 1.37 bits per heavy atom. The van der Waals surface area contributed by atoms with E-state index >= 15 is 0 Å². The van der Waals surface area contributed by atoms with Crippen molar-refractivity contribution in [2.75, 3.05) is 98.4 Å². The zero-order chi connectivity index (χ0) is 44.0. The second-order valence-corrected chi connectivity index (χ2v) is 15.1. The van der Waals surface area contributed by atoms with E-state index < -0.39 is 35.8 Å². The van der Waals surface area contributed by atoms with Crippen molar-refractivity contribution in [1.29, 1.82) is 0 Å². The summed E-state index contributed by atoms with van der Waals surface area (Å²) >= 11 is 1.87. The number of hydrogen-bond donors (Lipinski definition) is 11. The molecule has 13 N–H and O–H groups in total. The number of guanidine groups is 1. The van der Waals surface area contributed by atoms with Gasteiger partial charge in [0.25, 0.3) is 0 Å². The lowest BCUT2D eigenvalue weighted by Gasteiger charge is -2.22. The molecule has 0 aromatic carbocycles. The first-order valence-corrected chi connectivity index (χ1v) is 21.3. The van der Waals surface area contributed by atoms with E-state index in [0.29, 0.717) is 31.2 Å². The van der Waals surface area contributed by atoms with Crippen LogP contribution < -0.4 is 54.0 Å². The van der Waals surface area contributed by atoms with E-state index in [2.05, 4.69) is 47.5 Å². The number of unbranched alkanes of at least 4 members (excludes halogenated alkanes) is 1. The molecule has 2 aliphatic heterocycles. The van der Waals surface area contributed by atoms with E-state index in [1.165, 1.54) is 7.05 Å². The molecule has 2 heterocycles. The number of urea groups is 1. The van der Waals surface area contributed by atoms with Crippen LogP contribution in [0.25, 0.3) is 0 Å². The molecule has 7 amide bonds. The number of nitrogens with one attached hydrogen (secondary N) is 8. The lowest BCUT2D eigenvalue weighted by Crippen LogP contribution is -2.53. The topological polar surface area (TPSA) is 337 Å². The third kappa shape index (κ3) is 23.9. The zero-order valence-electron chi connectivity index (χ0n) is 34.4. The van der Waals surface area contributed by atoms with Gasteiger partial charge < -0.3 is 78.1 Å². The molecule has 0 aliphatic carbocycles. The van der Waals surface area contributed by atoms with Crippen LogP contribution in [0.5, 0.6) is 0 Å². The van der Waals surface area contributed by atoms with Gasteiger partial charge in [-0.05, 0) is 39.2 Å². The molecule has 0 radical (unpaired) electrons. The van der Waals surface area contributed by atoms with E-state index in [1.807, 2.05) is 11.8 Å². The van der Waals surface area contributed by atoms with Gasteiger partial charge in [0.2, 0.25) is 29.5 Å². The lowest BCUT2D eigenvalue weighted by molar-refractivity contribution is -0.137. The number of carbonyl (C=O) groups excluding carboxylic acids is 6. The number of aliphatic carboxylic acids is 1. The quantitative estimate of drug-likeness (QED) is 0.0126. The van der Waals surface area contributed by atoms with E-state index in [4.69, 9.17) is 35.5 Å². The molecule has 0 spiro atoms. The van der Waals surface area contributed by atoms with Crippen LogP contribution in [0, 0.1) is 0 Å². The Morgan fingerprint density at radius 1 is 0.750 bits per heavy atom. The van der Waals surface area contributed by atoms with Gasteiger partial charge in [-0.1, -0.05) is 6.42 Å². The lowest BCUT2D eigenvalue weighted by atomic mass is 10.0. The fourth-order valence-corrected chi connectivity index (χ4v) is 7.53. The fourth-order valence-electron chi connectivity index (χ4n) is 5.99. The maximum absolute atomic E-state index is 12.8. The van der Waals surface area contributed by atoms with Crippen LogP contribution in [0.1, 0.15) is 51.4 Å². The largest absolute Gasteiger partial charge is 0.481 e. The third-order valence-electron chi connectivity index (χ3n) is 9.06. The number of nitrogens with zero attached hydrogens (tertiary/aromatic N) is 1. The average molecular weight is 876 g/mol. The number of carbonyl (C=O) groups is 7. The Morgan fingerprint density at radius 3 is 2.00 bits per heavy atom. The molecule has 0 unspecified atom stereocenters. The predicted octanol–water partition coefficient (Wildman–Crippen LogP) is -3.77. The van der Waals surface area contributed by atoms with Crippen molar-refractivity contribution in [3.05, 3.63) is 0 Å². The minimum Gasteiger partial charge on any atom is -0.481 e. The van der Waals surface area contributed by atoms with Crippen molar-refractivity contribution in [3.63, 3.8) is 0 Å². The second kappa shape index (κ2) is 31.4. The molecule has 2 rings (SSSR count). The van der Waals surface area contributed by atoms with Crippen molar-refractivity contribution >= 4 is 59.3 Å². The molecular formula is C36H65N11O12S. The van der Waals surface area contributed by atoms with Gasteiger partial charge in [0, 0.05) is 56.6 Å². The first-order chi connectivity index (χ1) is 28.9. The molecule has 23 nitrogen and oxygen atoms in total. The monoisotopic (exact) mass is 875 g/mol. The van der Waals surface area contributed by atoms with Crippen molar-refractivity contribution in [2.45, 2.75) is 80.8 Å². The van der Waals surface area contributed by atoms with Gasteiger partial charge in [0.05, 0.1) is 57.8 Å². The summed E-state index contributed by atoms with van der Waals surface area (Å²) in [7, 11) is 1.52. The highest BCUT2D eigenvalue weighted by atomic mass is 32.2. The molecule has 342 valence electrons. The van der Waals surface area contributed by atoms with Gasteiger partial charge in [0.15, 0.2) is 5.96 Å². The van der Waals surface area contributed by atoms with Gasteiger partial charge in [-0.3, -0.25) is 33.8 Å². The van der Waals surface area contributed by atoms with Crippen LogP contribution in [0.4, 0.5) is 4.79 Å². The number of rotatable bonds is 35. The Bertz CT molecular complexity index is 1380. The van der Waals surface area contributed by atoms with Crippen LogP contribution in [0.2, 0.25) is 0 Å². The Hall–Kier alpha value is -4.49. The highest BCUT2D eigenvalue weighted by Crippen LogP contribution is 2.33. The van der Waals surface area contributed by atoms with Gasteiger partial charge >= 0.3 is 12.0 Å². The zero-order valence-corrected chi connectivity index (χ0v) is 35.2. The minimum atomic E-state index is -1.05. The smallest absolute Gasteiger partial charge is 0.315 e. The first kappa shape index (κ1) is 51.7. The standard InChI is InChI=1S/C36H65N11O12S/c1-39-24(8-9-31(51)52)34(54)45-25(5-4-10-44-35(37)38)33(53)43-12-11-40-29(49)21-58-19-18-57-16-14-42-30(50)22-59-20-17-56-15-13-41-28(48)7-3-2-6-27-32-26(23-60-27)46-36(55)47-32/h24-27,32,39H,2-23H2,1H3,(H,40,49)(H,41,48)(H,42,50)(H,43,53)(H,45,54)(H,51,52)(H4,37,38,44)(H2,46,47,55)/t24-,25-,26-,27-,32-/m0/s1. The van der Waals surface area contributed by atoms with Crippen molar-refractivity contribution in [2.24, 2.45) is 16.5 Å². The SMILES string of the molecule is CN[C@@H](CCC(=O)O)C(=O)N[C@@H](CCCN=C(N)N)C(=O)NCCNC(=O)COCCOCCNC(=O)COCCOCCNC(=O)CCCC[C@@H]1SC[C@@H]2NC(=O)N[C@@H]21. The van der Waals surface area contributed by atoms with Gasteiger partial charge in [-0.15, -0.1) is 0 Å². The number of carboxylic acids is 1. The maximum atomic E-state index is 12.8. The highest BCUT2D eigenvalue weighted by Gasteiger charge is 2.42. The van der Waals surface area contributed by atoms with E-state index in [1.54, 1.807) is 0 Å². The number of fused-ring (bicyclic) bond motifs is 1. The molecule has 2 saturated heterocycles. The van der Waals surface area contributed by atoms with Gasteiger partial charge in [-0.25, -0.2) is 4.79 Å². The number of hydrogen-bond acceptors (Lipinski definition) is 14. The molecule has 0 bridgehead atoms. The molecular weight excluding hydrogens is 811 g/mol. The fraction of sp³-hybridized carbons (Fsp3) is 0.778. The molecule has 0 aromatic rings. The van der Waals surface area contributed by atoms with Crippen LogP contribution >= 0.6 is 11.8 Å². The Labute approximate surface area is 354 Å². The summed E-state index contributed by atoms with van der Waals surface area (Å²) in [5.74, 6) is -2.02. The summed E-state index contributed by atoms with van der Waals surface area (Å²) in [5.41, 5.74) is 10.7. The Balaban J connectivity index is 1.40. The second-order valence-electron chi connectivity index (χ2n) is 13.8. The van der Waals surface area contributed by atoms with Crippen LogP contribution in [0.3, 0.4) is 0 Å². The average Bonchev–Trinajstić information content (AvgIpc) is 3.77. The molecule has 2 fully saturated rings. The van der Waals surface area contributed by atoms with E-state index in [9.17, 15) is 33.6 Å². The van der Waals surface area contributed by atoms with E-state index in [0.717, 1.165) is 25.0 Å². The Kier molecular flexibility index (Phi) is 27.0. The number of amides is 7. The third-order valence-corrected chi connectivity index (χ3v) is 10.6. The summed E-state index contributed by atoms with van der Waals surface area (Å²) in [4.78, 5) is 87.9. The molecule has 60 heavy (non-hydrogen) atoms. The predicted molar refractivity (Wildman–Crippen MR) is 221 cm³/mol. The summed E-state index contributed by atoms with van der Waals surface area (Å²) < 4.78 is 21.4. The van der Waals surface area contributed by atoms with Gasteiger partial charge in [-0.2, -0.15) is 11.8 Å². The van der Waals surface area contributed by atoms with E-state index in [-0.39, 0.29) is 128 Å².